The second-order valence-corrected chi connectivity index (χ2v) is 7.90. The minimum absolute atomic E-state index is 0.0938. The average Bonchev–Trinajstić information content (AvgIpc) is 3.10. The van der Waals surface area contributed by atoms with Crippen LogP contribution in [0.1, 0.15) is 11.3 Å². The molecule has 0 N–H and O–H groups in total. The number of pyridine rings is 1. The molecule has 0 saturated carbocycles. The van der Waals surface area contributed by atoms with E-state index < -0.39 is 0 Å². The molecule has 0 aliphatic heterocycles. The van der Waals surface area contributed by atoms with Crippen molar-refractivity contribution in [2.45, 2.75) is 24.4 Å². The molecule has 29 heavy (non-hydrogen) atoms. The van der Waals surface area contributed by atoms with Crippen LogP contribution in [0.5, 0.6) is 0 Å². The maximum absolute atomic E-state index is 12.4. The molecule has 0 radical (unpaired) electrons. The molecule has 4 aromatic rings. The molecule has 0 unspecified atom stereocenters. The summed E-state index contributed by atoms with van der Waals surface area (Å²) in [5.74, 6) is 1.25. The zero-order valence-corrected chi connectivity index (χ0v) is 17.3. The lowest BCUT2D eigenvalue weighted by Crippen LogP contribution is -2.15. The number of rotatable bonds is 6. The van der Waals surface area contributed by atoms with Crippen molar-refractivity contribution in [2.75, 3.05) is 0 Å². The van der Waals surface area contributed by atoms with Gasteiger partial charge in [-0.3, -0.25) is 13.8 Å². The Morgan fingerprint density at radius 2 is 1.97 bits per heavy atom. The van der Waals surface area contributed by atoms with Crippen molar-refractivity contribution in [3.05, 3.63) is 88.0 Å². The quantitative estimate of drug-likeness (QED) is 0.340. The Labute approximate surface area is 176 Å². The Kier molecular flexibility index (Phi) is 5.51. The highest BCUT2D eigenvalue weighted by atomic mass is 35.5. The van der Waals surface area contributed by atoms with E-state index in [4.69, 9.17) is 11.6 Å². The molecule has 1 aromatic carbocycles. The van der Waals surface area contributed by atoms with Gasteiger partial charge in [0.15, 0.2) is 11.0 Å². The van der Waals surface area contributed by atoms with E-state index in [9.17, 15) is 4.79 Å². The summed E-state index contributed by atoms with van der Waals surface area (Å²) in [6, 6.07) is 12.8. The minimum Gasteiger partial charge on any atom is -0.298 e. The first-order valence-electron chi connectivity index (χ1n) is 8.97. The molecule has 4 rings (SSSR count). The maximum atomic E-state index is 12.4. The van der Waals surface area contributed by atoms with Gasteiger partial charge in [-0.05, 0) is 42.8 Å². The van der Waals surface area contributed by atoms with Crippen LogP contribution in [0.4, 0.5) is 0 Å². The van der Waals surface area contributed by atoms with E-state index in [1.807, 2.05) is 47.9 Å². The molecule has 0 amide bonds. The van der Waals surface area contributed by atoms with Gasteiger partial charge in [0.1, 0.15) is 5.65 Å². The molecule has 0 aliphatic carbocycles. The summed E-state index contributed by atoms with van der Waals surface area (Å²) >= 11 is 7.47. The second-order valence-electron chi connectivity index (χ2n) is 6.52. The van der Waals surface area contributed by atoms with E-state index in [-0.39, 0.29) is 5.56 Å². The number of allylic oxidation sites excluding steroid dienone is 1. The lowest BCUT2D eigenvalue weighted by atomic mass is 10.2. The van der Waals surface area contributed by atoms with Gasteiger partial charge in [-0.15, -0.1) is 16.8 Å². The van der Waals surface area contributed by atoms with Crippen molar-refractivity contribution < 1.29 is 0 Å². The topological polar surface area (TPSA) is 65.1 Å². The van der Waals surface area contributed by atoms with Crippen LogP contribution >= 0.6 is 23.4 Å². The molecule has 8 heteroatoms. The fourth-order valence-corrected chi connectivity index (χ4v) is 3.94. The standard InChI is InChI=1S/C21H18ClN5OS/c1-3-10-26-20(15-5-7-16(22)8-6-15)24-25-21(26)29-13-17-11-19(28)27-12-14(2)4-9-18(27)23-17/h3-9,11-12H,1,10,13H2,2H3. The van der Waals surface area contributed by atoms with Crippen LogP contribution in [-0.2, 0) is 12.3 Å². The predicted molar refractivity (Wildman–Crippen MR) is 116 cm³/mol. The van der Waals surface area contributed by atoms with Crippen molar-refractivity contribution in [1.82, 2.24) is 24.1 Å². The van der Waals surface area contributed by atoms with Gasteiger partial charge in [0, 0.05) is 35.1 Å². The number of hydrogen-bond acceptors (Lipinski definition) is 5. The summed E-state index contributed by atoms with van der Waals surface area (Å²) in [5.41, 5.74) is 3.17. The Bertz CT molecular complexity index is 1250. The average molecular weight is 424 g/mol. The molecule has 6 nitrogen and oxygen atoms in total. The van der Waals surface area contributed by atoms with Crippen molar-refractivity contribution >= 4 is 29.0 Å². The molecular formula is C21H18ClN5OS. The van der Waals surface area contributed by atoms with Crippen LogP contribution < -0.4 is 5.56 Å². The zero-order chi connectivity index (χ0) is 20.4. The first kappa shape index (κ1) is 19.4. The highest BCUT2D eigenvalue weighted by molar-refractivity contribution is 7.98. The van der Waals surface area contributed by atoms with E-state index in [1.54, 1.807) is 22.7 Å². The summed E-state index contributed by atoms with van der Waals surface area (Å²) in [5, 5.41) is 10.1. The normalized spacial score (nSPS) is 11.1. The van der Waals surface area contributed by atoms with E-state index in [2.05, 4.69) is 21.8 Å². The zero-order valence-electron chi connectivity index (χ0n) is 15.7. The van der Waals surface area contributed by atoms with Crippen molar-refractivity contribution in [3.8, 4) is 11.4 Å². The number of nitrogens with zero attached hydrogens (tertiary/aromatic N) is 5. The first-order chi connectivity index (χ1) is 14.0. The van der Waals surface area contributed by atoms with Crippen LogP contribution in [-0.4, -0.2) is 24.1 Å². The lowest BCUT2D eigenvalue weighted by molar-refractivity contribution is 0.731. The Balaban J connectivity index is 1.62. The number of fused-ring (bicyclic) bond motifs is 1. The molecule has 146 valence electrons. The molecule has 0 atom stereocenters. The van der Waals surface area contributed by atoms with Crippen molar-refractivity contribution in [1.29, 1.82) is 0 Å². The summed E-state index contributed by atoms with van der Waals surface area (Å²) in [6.07, 6.45) is 3.59. The molecule has 0 bridgehead atoms. The van der Waals surface area contributed by atoms with Gasteiger partial charge in [-0.2, -0.15) is 0 Å². The van der Waals surface area contributed by atoms with Crippen LogP contribution in [0, 0.1) is 6.92 Å². The van der Waals surface area contributed by atoms with Gasteiger partial charge >= 0.3 is 0 Å². The van der Waals surface area contributed by atoms with Gasteiger partial charge in [0.2, 0.25) is 0 Å². The molecule has 3 heterocycles. The highest BCUT2D eigenvalue weighted by Crippen LogP contribution is 2.26. The van der Waals surface area contributed by atoms with Gasteiger partial charge in [-0.25, -0.2) is 4.98 Å². The number of halogens is 1. The number of aromatic nitrogens is 5. The van der Waals surface area contributed by atoms with Gasteiger partial charge in [-0.1, -0.05) is 35.5 Å². The van der Waals surface area contributed by atoms with Gasteiger partial charge < -0.3 is 0 Å². The van der Waals surface area contributed by atoms with Crippen molar-refractivity contribution in [2.24, 2.45) is 0 Å². The molecule has 0 fully saturated rings. The van der Waals surface area contributed by atoms with Crippen LogP contribution in [0.25, 0.3) is 17.0 Å². The number of benzene rings is 1. The van der Waals surface area contributed by atoms with Crippen molar-refractivity contribution in [3.63, 3.8) is 0 Å². The smallest absolute Gasteiger partial charge is 0.258 e. The van der Waals surface area contributed by atoms with Crippen LogP contribution in [0.2, 0.25) is 5.02 Å². The third-order valence-electron chi connectivity index (χ3n) is 4.34. The third kappa shape index (κ3) is 4.11. The predicted octanol–water partition coefficient (Wildman–Crippen LogP) is 4.39. The van der Waals surface area contributed by atoms with Gasteiger partial charge in [0.25, 0.3) is 5.56 Å². The Hall–Kier alpha value is -2.90. The summed E-state index contributed by atoms with van der Waals surface area (Å²) in [6.45, 7) is 6.35. The summed E-state index contributed by atoms with van der Waals surface area (Å²) in [7, 11) is 0. The molecule has 0 spiro atoms. The maximum Gasteiger partial charge on any atom is 0.258 e. The second kappa shape index (κ2) is 8.23. The number of aryl methyl sites for hydroxylation is 1. The summed E-state index contributed by atoms with van der Waals surface area (Å²) in [4.78, 5) is 17.0. The number of thioether (sulfide) groups is 1. The molecule has 0 aliphatic rings. The van der Waals surface area contributed by atoms with Crippen LogP contribution in [0.3, 0.4) is 0 Å². The summed E-state index contributed by atoms with van der Waals surface area (Å²) < 4.78 is 3.54. The fraction of sp³-hybridized carbons (Fsp3) is 0.143. The van der Waals surface area contributed by atoms with E-state index in [1.165, 1.54) is 11.8 Å². The van der Waals surface area contributed by atoms with Crippen LogP contribution in [0.15, 0.2) is 71.3 Å². The lowest BCUT2D eigenvalue weighted by Gasteiger charge is -2.08. The SMILES string of the molecule is C=CCn1c(SCc2cc(=O)n3cc(C)ccc3n2)nnc1-c1ccc(Cl)cc1. The monoisotopic (exact) mass is 423 g/mol. The van der Waals surface area contributed by atoms with E-state index in [0.717, 1.165) is 22.1 Å². The van der Waals surface area contributed by atoms with E-state index >= 15 is 0 Å². The molecule has 0 saturated heterocycles. The van der Waals surface area contributed by atoms with E-state index in [0.29, 0.717) is 28.7 Å². The molecular weight excluding hydrogens is 406 g/mol. The number of hydrogen-bond donors (Lipinski definition) is 0. The molecule has 3 aromatic heterocycles. The largest absolute Gasteiger partial charge is 0.298 e. The fourth-order valence-electron chi connectivity index (χ4n) is 2.97. The minimum atomic E-state index is -0.0938. The Morgan fingerprint density at radius 1 is 1.17 bits per heavy atom. The Morgan fingerprint density at radius 3 is 2.72 bits per heavy atom. The highest BCUT2D eigenvalue weighted by Gasteiger charge is 2.14. The third-order valence-corrected chi connectivity index (χ3v) is 5.59. The van der Waals surface area contributed by atoms with Gasteiger partial charge in [0.05, 0.1) is 5.69 Å². The first-order valence-corrected chi connectivity index (χ1v) is 10.3.